The Morgan fingerprint density at radius 1 is 0.839 bits per heavy atom. The fraction of sp³-hybridized carbons (Fsp3) is 0.125. The molecule has 0 heterocycles. The van der Waals surface area contributed by atoms with E-state index in [1.165, 1.54) is 49.4 Å². The quantitative estimate of drug-likeness (QED) is 0.524. The maximum absolute atomic E-state index is 12.9. The molecule has 0 aliphatic heterocycles. The Hall–Kier alpha value is -3.74. The van der Waals surface area contributed by atoms with Crippen molar-refractivity contribution in [1.29, 1.82) is 0 Å². The predicted octanol–water partition coefficient (Wildman–Crippen LogP) is 5.59. The highest BCUT2D eigenvalue weighted by Gasteiger charge is 2.30. The SMILES string of the molecule is CC(=O)c1ccc(C(=O)Nc2ccccc2C(=O)Cc2cccc(C(F)(F)F)c2)cc1. The largest absolute Gasteiger partial charge is 0.416 e. The fourth-order valence-corrected chi connectivity index (χ4v) is 3.02. The number of nitrogens with one attached hydrogen (secondary N) is 1. The Morgan fingerprint density at radius 2 is 1.48 bits per heavy atom. The number of benzene rings is 3. The lowest BCUT2D eigenvalue weighted by molar-refractivity contribution is -0.137. The van der Waals surface area contributed by atoms with Crippen molar-refractivity contribution in [1.82, 2.24) is 0 Å². The Morgan fingerprint density at radius 3 is 2.13 bits per heavy atom. The molecule has 3 aromatic carbocycles. The Labute approximate surface area is 176 Å². The minimum absolute atomic E-state index is 0.127. The predicted molar refractivity (Wildman–Crippen MR) is 110 cm³/mol. The second-order valence-corrected chi connectivity index (χ2v) is 6.93. The minimum atomic E-state index is -4.50. The highest BCUT2D eigenvalue weighted by Crippen LogP contribution is 2.30. The lowest BCUT2D eigenvalue weighted by atomic mass is 9.99. The van der Waals surface area contributed by atoms with E-state index in [-0.39, 0.29) is 29.0 Å². The van der Waals surface area contributed by atoms with Gasteiger partial charge in [0.1, 0.15) is 0 Å². The van der Waals surface area contributed by atoms with Crippen molar-refractivity contribution in [2.75, 3.05) is 5.32 Å². The van der Waals surface area contributed by atoms with Crippen molar-refractivity contribution >= 4 is 23.2 Å². The van der Waals surface area contributed by atoms with Gasteiger partial charge >= 0.3 is 6.18 Å². The van der Waals surface area contributed by atoms with Crippen LogP contribution >= 0.6 is 0 Å². The van der Waals surface area contributed by atoms with Crippen molar-refractivity contribution in [3.8, 4) is 0 Å². The molecule has 0 aliphatic carbocycles. The average molecular weight is 425 g/mol. The molecule has 0 radical (unpaired) electrons. The molecule has 1 amide bonds. The minimum Gasteiger partial charge on any atom is -0.321 e. The number of amides is 1. The summed E-state index contributed by atoms with van der Waals surface area (Å²) in [6.07, 6.45) is -4.74. The van der Waals surface area contributed by atoms with E-state index < -0.39 is 23.4 Å². The van der Waals surface area contributed by atoms with Crippen LogP contribution in [0.5, 0.6) is 0 Å². The van der Waals surface area contributed by atoms with Crippen molar-refractivity contribution in [3.05, 3.63) is 101 Å². The number of carbonyl (C=O) groups is 3. The van der Waals surface area contributed by atoms with Gasteiger partial charge in [-0.05, 0) is 42.8 Å². The monoisotopic (exact) mass is 425 g/mol. The molecule has 0 saturated heterocycles. The van der Waals surface area contributed by atoms with Gasteiger partial charge in [-0.15, -0.1) is 0 Å². The van der Waals surface area contributed by atoms with Gasteiger partial charge in [0.2, 0.25) is 0 Å². The number of Topliss-reactive ketones (excluding diaryl/α,β-unsaturated/α-hetero) is 2. The molecule has 158 valence electrons. The lowest BCUT2D eigenvalue weighted by Crippen LogP contribution is -2.16. The van der Waals surface area contributed by atoms with Crippen LogP contribution in [0, 0.1) is 0 Å². The summed E-state index contributed by atoms with van der Waals surface area (Å²) in [7, 11) is 0. The first-order chi connectivity index (χ1) is 14.6. The number of carbonyl (C=O) groups excluding carboxylic acids is 3. The van der Waals surface area contributed by atoms with Crippen molar-refractivity contribution in [2.45, 2.75) is 19.5 Å². The average Bonchev–Trinajstić information content (AvgIpc) is 2.73. The summed E-state index contributed by atoms with van der Waals surface area (Å²) >= 11 is 0. The van der Waals surface area contributed by atoms with Gasteiger partial charge in [-0.25, -0.2) is 0 Å². The molecular formula is C24H18F3NO3. The Kier molecular flexibility index (Phi) is 6.34. The van der Waals surface area contributed by atoms with E-state index in [0.29, 0.717) is 11.1 Å². The number of anilines is 1. The number of para-hydroxylation sites is 1. The van der Waals surface area contributed by atoms with Gasteiger partial charge in [-0.1, -0.05) is 42.5 Å². The first-order valence-electron chi connectivity index (χ1n) is 9.36. The van der Waals surface area contributed by atoms with Crippen LogP contribution in [0.1, 0.15) is 49.1 Å². The molecule has 3 aromatic rings. The third kappa shape index (κ3) is 5.45. The van der Waals surface area contributed by atoms with Gasteiger partial charge in [0, 0.05) is 23.1 Å². The fourth-order valence-electron chi connectivity index (χ4n) is 3.02. The zero-order valence-electron chi connectivity index (χ0n) is 16.5. The first kappa shape index (κ1) is 22.0. The van der Waals surface area contributed by atoms with Crippen LogP contribution in [0.15, 0.2) is 72.8 Å². The van der Waals surface area contributed by atoms with Crippen LogP contribution < -0.4 is 5.32 Å². The molecular weight excluding hydrogens is 407 g/mol. The van der Waals surface area contributed by atoms with Crippen molar-refractivity contribution in [3.63, 3.8) is 0 Å². The number of hydrogen-bond acceptors (Lipinski definition) is 3. The highest BCUT2D eigenvalue weighted by atomic mass is 19.4. The molecule has 1 N–H and O–H groups in total. The molecule has 31 heavy (non-hydrogen) atoms. The third-order valence-electron chi connectivity index (χ3n) is 4.65. The van der Waals surface area contributed by atoms with Gasteiger partial charge in [0.25, 0.3) is 5.91 Å². The van der Waals surface area contributed by atoms with Gasteiger partial charge in [0.15, 0.2) is 11.6 Å². The van der Waals surface area contributed by atoms with Gasteiger partial charge in [0.05, 0.1) is 11.3 Å². The van der Waals surface area contributed by atoms with Gasteiger partial charge in [-0.3, -0.25) is 14.4 Å². The second-order valence-electron chi connectivity index (χ2n) is 6.93. The van der Waals surface area contributed by atoms with Crippen molar-refractivity contribution < 1.29 is 27.6 Å². The maximum atomic E-state index is 12.9. The normalized spacial score (nSPS) is 11.1. The number of ketones is 2. The smallest absolute Gasteiger partial charge is 0.321 e. The van der Waals surface area contributed by atoms with Crippen LogP contribution in [0.2, 0.25) is 0 Å². The van der Waals surface area contributed by atoms with Gasteiger partial charge < -0.3 is 5.32 Å². The molecule has 0 aromatic heterocycles. The number of alkyl halides is 3. The van der Waals surface area contributed by atoms with E-state index in [1.807, 2.05) is 0 Å². The lowest BCUT2D eigenvalue weighted by Gasteiger charge is -2.12. The molecule has 0 fully saturated rings. The molecule has 0 atom stereocenters. The summed E-state index contributed by atoms with van der Waals surface area (Å²) in [5, 5.41) is 2.65. The second kappa shape index (κ2) is 8.95. The molecule has 0 saturated carbocycles. The van der Waals surface area contributed by atoms with Crippen LogP contribution in [0.3, 0.4) is 0 Å². The van der Waals surface area contributed by atoms with E-state index in [9.17, 15) is 27.6 Å². The van der Waals surface area contributed by atoms with Crippen molar-refractivity contribution in [2.24, 2.45) is 0 Å². The van der Waals surface area contributed by atoms with E-state index in [2.05, 4.69) is 5.32 Å². The summed E-state index contributed by atoms with van der Waals surface area (Å²) < 4.78 is 38.7. The molecule has 0 unspecified atom stereocenters. The molecule has 0 spiro atoms. The number of halogens is 3. The first-order valence-corrected chi connectivity index (χ1v) is 9.36. The Bertz CT molecular complexity index is 1140. The maximum Gasteiger partial charge on any atom is 0.416 e. The summed E-state index contributed by atoms with van der Waals surface area (Å²) in [4.78, 5) is 36.7. The number of hydrogen-bond donors (Lipinski definition) is 1. The van der Waals surface area contributed by atoms with Crippen LogP contribution in [-0.4, -0.2) is 17.5 Å². The third-order valence-corrected chi connectivity index (χ3v) is 4.65. The molecule has 3 rings (SSSR count). The van der Waals surface area contributed by atoms with Gasteiger partial charge in [-0.2, -0.15) is 13.2 Å². The zero-order valence-corrected chi connectivity index (χ0v) is 16.5. The number of rotatable bonds is 6. The summed E-state index contributed by atoms with van der Waals surface area (Å²) in [6.45, 7) is 1.42. The standard InChI is InChI=1S/C24H18F3NO3/c1-15(29)17-9-11-18(12-10-17)23(31)28-21-8-3-2-7-20(21)22(30)14-16-5-4-6-19(13-16)24(25,26)27/h2-13H,14H2,1H3,(H,28,31). The zero-order chi connectivity index (χ0) is 22.6. The molecule has 4 nitrogen and oxygen atoms in total. The van der Waals surface area contributed by atoms with E-state index >= 15 is 0 Å². The van der Waals surface area contributed by atoms with Crippen LogP contribution in [0.25, 0.3) is 0 Å². The van der Waals surface area contributed by atoms with Crippen LogP contribution in [0.4, 0.5) is 18.9 Å². The van der Waals surface area contributed by atoms with E-state index in [0.717, 1.165) is 12.1 Å². The summed E-state index contributed by atoms with van der Waals surface area (Å²) in [5.41, 5.74) is 0.598. The Balaban J connectivity index is 1.79. The summed E-state index contributed by atoms with van der Waals surface area (Å²) in [5.74, 6) is -1.03. The highest BCUT2D eigenvalue weighted by molar-refractivity contribution is 6.10. The molecule has 0 bridgehead atoms. The summed E-state index contributed by atoms with van der Waals surface area (Å²) in [6, 6.07) is 16.9. The van der Waals surface area contributed by atoms with E-state index in [1.54, 1.807) is 18.2 Å². The molecule has 7 heteroatoms. The van der Waals surface area contributed by atoms with Crippen LogP contribution in [-0.2, 0) is 12.6 Å². The molecule has 0 aliphatic rings. The van der Waals surface area contributed by atoms with E-state index in [4.69, 9.17) is 0 Å². The topological polar surface area (TPSA) is 63.2 Å².